The van der Waals surface area contributed by atoms with Crippen molar-refractivity contribution in [3.8, 4) is 6.01 Å². The van der Waals surface area contributed by atoms with Gasteiger partial charge in [-0.05, 0) is 0 Å². The van der Waals surface area contributed by atoms with Crippen LogP contribution in [0.4, 0.5) is 5.95 Å². The summed E-state index contributed by atoms with van der Waals surface area (Å²) in [4.78, 5) is 25.7. The van der Waals surface area contributed by atoms with E-state index in [0.717, 1.165) is 0 Å². The number of methoxy groups -OCH3 is 1. The van der Waals surface area contributed by atoms with Gasteiger partial charge in [-0.15, -0.1) is 0 Å². The van der Waals surface area contributed by atoms with Crippen LogP contribution in [0.1, 0.15) is 16.4 Å². The molecule has 0 radical (unpaired) electrons. The minimum absolute atomic E-state index is 0.124. The molecule has 0 atom stereocenters. The van der Waals surface area contributed by atoms with E-state index in [0.29, 0.717) is 11.8 Å². The number of carbonyl (C=O) groups is 1. The van der Waals surface area contributed by atoms with E-state index in [1.807, 2.05) is 0 Å². The first-order valence-corrected chi connectivity index (χ1v) is 5.75. The second kappa shape index (κ2) is 5.95. The van der Waals surface area contributed by atoms with Gasteiger partial charge in [0.1, 0.15) is 0 Å². The first-order chi connectivity index (χ1) is 9.60. The molecule has 2 aromatic rings. The number of amides is 1. The topological polar surface area (TPSA) is 106 Å². The summed E-state index contributed by atoms with van der Waals surface area (Å²) in [6.45, 7) is 0.124. The number of hydrogen-bond donors (Lipinski definition) is 1. The zero-order chi connectivity index (χ0) is 14.5. The van der Waals surface area contributed by atoms with Crippen molar-refractivity contribution in [2.75, 3.05) is 26.1 Å². The molecule has 0 spiro atoms. The Labute approximate surface area is 115 Å². The molecule has 20 heavy (non-hydrogen) atoms. The van der Waals surface area contributed by atoms with Gasteiger partial charge in [-0.1, -0.05) is 5.16 Å². The first-order valence-electron chi connectivity index (χ1n) is 5.75. The highest BCUT2D eigenvalue weighted by Gasteiger charge is 2.12. The number of nitrogens with zero attached hydrogens (tertiary/aromatic N) is 5. The van der Waals surface area contributed by atoms with Crippen LogP contribution >= 0.6 is 0 Å². The molecule has 1 amide bonds. The molecule has 106 valence electrons. The Balaban J connectivity index is 2.09. The summed E-state index contributed by atoms with van der Waals surface area (Å²) in [6, 6.07) is 1.65. The molecule has 1 N–H and O–H groups in total. The van der Waals surface area contributed by atoms with Crippen molar-refractivity contribution in [3.05, 3.63) is 23.8 Å². The Bertz CT molecular complexity index is 584. The van der Waals surface area contributed by atoms with Crippen LogP contribution in [0.3, 0.4) is 0 Å². The summed E-state index contributed by atoms with van der Waals surface area (Å²) in [5.74, 6) is 0.557. The molecule has 2 aromatic heterocycles. The van der Waals surface area contributed by atoms with Crippen LogP contribution in [-0.2, 0) is 6.54 Å². The average Bonchev–Trinajstić information content (AvgIpc) is 2.98. The molecule has 0 saturated heterocycles. The van der Waals surface area contributed by atoms with E-state index >= 15 is 0 Å². The lowest BCUT2D eigenvalue weighted by atomic mass is 10.4. The minimum Gasteiger partial charge on any atom is -0.467 e. The summed E-state index contributed by atoms with van der Waals surface area (Å²) < 4.78 is 9.74. The predicted molar refractivity (Wildman–Crippen MR) is 68.4 cm³/mol. The lowest BCUT2D eigenvalue weighted by molar-refractivity contribution is 0.0912. The van der Waals surface area contributed by atoms with Crippen LogP contribution < -0.4 is 15.0 Å². The van der Waals surface area contributed by atoms with Crippen LogP contribution in [0.15, 0.2) is 16.8 Å². The molecule has 0 aliphatic rings. The maximum Gasteiger partial charge on any atom is 0.321 e. The fraction of sp³-hybridized carbons (Fsp3) is 0.364. The van der Waals surface area contributed by atoms with Gasteiger partial charge in [-0.2, -0.15) is 15.0 Å². The number of aromatic nitrogens is 4. The van der Waals surface area contributed by atoms with Crippen LogP contribution in [0.5, 0.6) is 6.01 Å². The molecule has 9 nitrogen and oxygen atoms in total. The van der Waals surface area contributed by atoms with Gasteiger partial charge in [0.15, 0.2) is 5.82 Å². The summed E-state index contributed by atoms with van der Waals surface area (Å²) in [6.07, 6.45) is 1.39. The quantitative estimate of drug-likeness (QED) is 0.805. The molecule has 0 aromatic carbocycles. The van der Waals surface area contributed by atoms with Crippen molar-refractivity contribution in [1.82, 2.24) is 25.4 Å². The highest BCUT2D eigenvalue weighted by Crippen LogP contribution is 2.09. The number of hydrogen-bond acceptors (Lipinski definition) is 8. The molecule has 2 heterocycles. The highest BCUT2D eigenvalue weighted by atomic mass is 16.5. The van der Waals surface area contributed by atoms with Gasteiger partial charge >= 0.3 is 6.01 Å². The van der Waals surface area contributed by atoms with Crippen LogP contribution in [0, 0.1) is 0 Å². The second-order valence-corrected chi connectivity index (χ2v) is 3.99. The molecule has 0 fully saturated rings. The Morgan fingerprint density at radius 2 is 2.20 bits per heavy atom. The van der Waals surface area contributed by atoms with E-state index < -0.39 is 5.91 Å². The summed E-state index contributed by atoms with van der Waals surface area (Å²) >= 11 is 0. The average molecular weight is 278 g/mol. The third-order valence-electron chi connectivity index (χ3n) is 2.30. The van der Waals surface area contributed by atoms with Crippen LogP contribution in [-0.4, -0.2) is 47.2 Å². The monoisotopic (exact) mass is 278 g/mol. The maximum absolute atomic E-state index is 11.7. The number of ether oxygens (including phenoxy) is 1. The fourth-order valence-corrected chi connectivity index (χ4v) is 1.34. The second-order valence-electron chi connectivity index (χ2n) is 3.99. The SMILES string of the molecule is COc1nc(CNC(=O)c2ccno2)nc(N(C)C)n1. The van der Waals surface area contributed by atoms with Crippen molar-refractivity contribution in [1.29, 1.82) is 0 Å². The lowest BCUT2D eigenvalue weighted by Crippen LogP contribution is -2.24. The number of carbonyl (C=O) groups excluding carboxylic acids is 1. The minimum atomic E-state index is -0.395. The molecule has 0 aliphatic heterocycles. The zero-order valence-electron chi connectivity index (χ0n) is 11.3. The highest BCUT2D eigenvalue weighted by molar-refractivity contribution is 5.91. The van der Waals surface area contributed by atoms with Crippen LogP contribution in [0.25, 0.3) is 0 Å². The first kappa shape index (κ1) is 13.7. The molecule has 9 heteroatoms. The van der Waals surface area contributed by atoms with Crippen molar-refractivity contribution in [3.63, 3.8) is 0 Å². The molecular formula is C11H14N6O3. The van der Waals surface area contributed by atoms with Crippen molar-refractivity contribution < 1.29 is 14.1 Å². The Morgan fingerprint density at radius 3 is 2.80 bits per heavy atom. The van der Waals surface area contributed by atoms with E-state index in [9.17, 15) is 4.79 Å². The number of rotatable bonds is 5. The Morgan fingerprint density at radius 1 is 1.40 bits per heavy atom. The molecule has 0 unspecified atom stereocenters. The summed E-state index contributed by atoms with van der Waals surface area (Å²) in [5.41, 5.74) is 0. The lowest BCUT2D eigenvalue weighted by Gasteiger charge is -2.12. The van der Waals surface area contributed by atoms with Gasteiger partial charge in [0.25, 0.3) is 5.91 Å². The van der Waals surface area contributed by atoms with E-state index in [1.54, 1.807) is 19.0 Å². The predicted octanol–water partition coefficient (Wildman–Crippen LogP) is -0.136. The van der Waals surface area contributed by atoms with Gasteiger partial charge in [0.05, 0.1) is 19.9 Å². The molecule has 0 aliphatic carbocycles. The Kier molecular flexibility index (Phi) is 4.08. The van der Waals surface area contributed by atoms with E-state index in [2.05, 4.69) is 25.4 Å². The van der Waals surface area contributed by atoms with E-state index in [-0.39, 0.29) is 18.3 Å². The van der Waals surface area contributed by atoms with E-state index in [4.69, 9.17) is 9.26 Å². The number of nitrogens with one attached hydrogen (secondary N) is 1. The zero-order valence-corrected chi connectivity index (χ0v) is 11.3. The maximum atomic E-state index is 11.7. The fourth-order valence-electron chi connectivity index (χ4n) is 1.34. The standard InChI is InChI=1S/C11H14N6O3/c1-17(2)10-14-8(15-11(16-10)19-3)6-12-9(18)7-4-5-13-20-7/h4-5H,6H2,1-3H3,(H,12,18). The van der Waals surface area contributed by atoms with Gasteiger partial charge in [-0.3, -0.25) is 4.79 Å². The van der Waals surface area contributed by atoms with Gasteiger partial charge < -0.3 is 19.5 Å². The van der Waals surface area contributed by atoms with Crippen molar-refractivity contribution >= 4 is 11.9 Å². The Hall–Kier alpha value is -2.71. The van der Waals surface area contributed by atoms with E-state index in [1.165, 1.54) is 19.4 Å². The molecule has 0 bridgehead atoms. The number of anilines is 1. The van der Waals surface area contributed by atoms with Gasteiger partial charge in [0.2, 0.25) is 11.7 Å². The molecule has 2 rings (SSSR count). The van der Waals surface area contributed by atoms with Gasteiger partial charge in [-0.25, -0.2) is 0 Å². The summed E-state index contributed by atoms with van der Waals surface area (Å²) in [7, 11) is 5.06. The third-order valence-corrected chi connectivity index (χ3v) is 2.30. The summed E-state index contributed by atoms with van der Waals surface area (Å²) in [5, 5.41) is 6.08. The normalized spacial score (nSPS) is 10.2. The van der Waals surface area contributed by atoms with Crippen molar-refractivity contribution in [2.24, 2.45) is 0 Å². The largest absolute Gasteiger partial charge is 0.467 e. The smallest absolute Gasteiger partial charge is 0.321 e. The van der Waals surface area contributed by atoms with Crippen molar-refractivity contribution in [2.45, 2.75) is 6.54 Å². The van der Waals surface area contributed by atoms with Crippen LogP contribution in [0.2, 0.25) is 0 Å². The van der Waals surface area contributed by atoms with Gasteiger partial charge in [0, 0.05) is 20.2 Å². The molecule has 0 saturated carbocycles. The molecular weight excluding hydrogens is 264 g/mol. The third kappa shape index (κ3) is 3.19.